The van der Waals surface area contributed by atoms with Crippen LogP contribution < -0.4 is 0 Å². The summed E-state index contributed by atoms with van der Waals surface area (Å²) in [5, 5.41) is 3.37. The summed E-state index contributed by atoms with van der Waals surface area (Å²) in [7, 11) is 1.64. The number of hydrogen-bond acceptors (Lipinski definition) is 7. The van der Waals surface area contributed by atoms with E-state index in [4.69, 9.17) is 19.1 Å². The zero-order chi connectivity index (χ0) is 25.2. The topological polar surface area (TPSA) is 77.5 Å². The van der Waals surface area contributed by atoms with Gasteiger partial charge in [-0.2, -0.15) is 5.06 Å². The molecule has 8 heteroatoms. The Hall–Kier alpha value is -2.42. The van der Waals surface area contributed by atoms with Crippen LogP contribution in [0.1, 0.15) is 67.7 Å². The molecule has 2 aliphatic heterocycles. The largest absolute Gasteiger partial charge is 0.513 e. The number of piperidine rings is 1. The third-order valence-electron chi connectivity index (χ3n) is 7.53. The second-order valence-corrected chi connectivity index (χ2v) is 9.95. The van der Waals surface area contributed by atoms with Gasteiger partial charge in [0.2, 0.25) is 0 Å². The highest BCUT2D eigenvalue weighted by molar-refractivity contribution is 6.23. The maximum atomic E-state index is 14.1. The van der Waals surface area contributed by atoms with E-state index in [1.807, 2.05) is 38.0 Å². The van der Waals surface area contributed by atoms with Crippen molar-refractivity contribution in [2.75, 3.05) is 33.4 Å². The number of amides is 1. The van der Waals surface area contributed by atoms with Gasteiger partial charge in [0.15, 0.2) is 5.76 Å². The van der Waals surface area contributed by atoms with E-state index < -0.39 is 11.7 Å². The smallest absolute Gasteiger partial charge is 0.434 e. The minimum atomic E-state index is -0.906. The molecular formula is C27H38N2O6. The number of carbonyl (C=O) groups excluding carboxylic acids is 2. The lowest BCUT2D eigenvalue weighted by atomic mass is 9.84. The second kappa shape index (κ2) is 10.7. The summed E-state index contributed by atoms with van der Waals surface area (Å²) in [6, 6.07) is 4.10. The first-order chi connectivity index (χ1) is 16.8. The Balaban J connectivity index is 1.82. The summed E-state index contributed by atoms with van der Waals surface area (Å²) in [6.07, 6.45) is 4.82. The van der Waals surface area contributed by atoms with Gasteiger partial charge in [-0.1, -0.05) is 30.5 Å². The molecule has 0 N–H and O–H groups in total. The van der Waals surface area contributed by atoms with Crippen LogP contribution >= 0.6 is 0 Å². The molecule has 1 aliphatic carbocycles. The van der Waals surface area contributed by atoms with Crippen molar-refractivity contribution in [1.29, 1.82) is 0 Å². The molecule has 1 spiro atoms. The van der Waals surface area contributed by atoms with Crippen LogP contribution in [0.15, 0.2) is 17.9 Å². The summed E-state index contributed by atoms with van der Waals surface area (Å²) < 4.78 is 11.1. The second-order valence-electron chi connectivity index (χ2n) is 9.95. The van der Waals surface area contributed by atoms with Gasteiger partial charge in [-0.3, -0.25) is 9.63 Å². The van der Waals surface area contributed by atoms with E-state index in [0.29, 0.717) is 49.8 Å². The maximum Gasteiger partial charge on any atom is 0.513 e. The average Bonchev–Trinajstić information content (AvgIpc) is 3.40. The number of hydroxylamine groups is 4. The first-order valence-corrected chi connectivity index (χ1v) is 12.7. The third kappa shape index (κ3) is 4.97. The van der Waals surface area contributed by atoms with Crippen LogP contribution in [0.2, 0.25) is 0 Å². The molecule has 1 aromatic carbocycles. The van der Waals surface area contributed by atoms with Gasteiger partial charge in [-0.05, 0) is 76.0 Å². The van der Waals surface area contributed by atoms with Crippen molar-refractivity contribution >= 4 is 17.6 Å². The van der Waals surface area contributed by atoms with Crippen molar-refractivity contribution in [3.63, 3.8) is 0 Å². The maximum absolute atomic E-state index is 14.1. The van der Waals surface area contributed by atoms with Crippen molar-refractivity contribution in [3.05, 3.63) is 40.1 Å². The summed E-state index contributed by atoms with van der Waals surface area (Å²) in [4.78, 5) is 38.6. The molecule has 2 heterocycles. The molecule has 3 aliphatic rings. The molecule has 0 atom stereocenters. The van der Waals surface area contributed by atoms with E-state index in [1.165, 1.54) is 17.9 Å². The van der Waals surface area contributed by atoms with Gasteiger partial charge in [0.25, 0.3) is 5.91 Å². The van der Waals surface area contributed by atoms with E-state index in [1.54, 1.807) is 14.0 Å². The summed E-state index contributed by atoms with van der Waals surface area (Å²) in [5.41, 5.74) is 3.30. The lowest BCUT2D eigenvalue weighted by Gasteiger charge is -2.43. The fourth-order valence-corrected chi connectivity index (χ4v) is 5.90. The monoisotopic (exact) mass is 486 g/mol. The highest BCUT2D eigenvalue weighted by Crippen LogP contribution is 2.48. The average molecular weight is 487 g/mol. The SMILES string of the molecule is CCOC(=O)OC1=C(c2c(C)cc(C)cc2C)C(=O)N(OCC2CCCC2)C12CCN(OC)CC2. The van der Waals surface area contributed by atoms with E-state index in [-0.39, 0.29) is 12.5 Å². The zero-order valence-corrected chi connectivity index (χ0v) is 21.6. The summed E-state index contributed by atoms with van der Waals surface area (Å²) in [5.74, 6) is 0.502. The van der Waals surface area contributed by atoms with Crippen molar-refractivity contribution in [3.8, 4) is 0 Å². The number of carbonyl (C=O) groups is 2. The molecule has 0 radical (unpaired) electrons. The first-order valence-electron chi connectivity index (χ1n) is 12.7. The minimum absolute atomic E-state index is 0.185. The zero-order valence-electron chi connectivity index (χ0n) is 21.6. The van der Waals surface area contributed by atoms with Gasteiger partial charge in [0, 0.05) is 13.1 Å². The van der Waals surface area contributed by atoms with Crippen molar-refractivity contribution in [2.45, 2.75) is 71.8 Å². The molecule has 2 fully saturated rings. The molecule has 0 aromatic heterocycles. The predicted octanol–water partition coefficient (Wildman–Crippen LogP) is 4.86. The van der Waals surface area contributed by atoms with Crippen molar-refractivity contribution in [1.82, 2.24) is 10.1 Å². The summed E-state index contributed by atoms with van der Waals surface area (Å²) >= 11 is 0. The highest BCUT2D eigenvalue weighted by Gasteiger charge is 2.57. The van der Waals surface area contributed by atoms with E-state index in [9.17, 15) is 9.59 Å². The molecule has 0 unspecified atom stereocenters. The Labute approximate surface area is 208 Å². The third-order valence-corrected chi connectivity index (χ3v) is 7.53. The van der Waals surface area contributed by atoms with Gasteiger partial charge in [-0.15, -0.1) is 0 Å². The fourth-order valence-electron chi connectivity index (χ4n) is 5.90. The normalized spacial score (nSPS) is 20.8. The predicted molar refractivity (Wildman–Crippen MR) is 131 cm³/mol. The molecule has 8 nitrogen and oxygen atoms in total. The van der Waals surface area contributed by atoms with Gasteiger partial charge >= 0.3 is 6.16 Å². The van der Waals surface area contributed by atoms with Gasteiger partial charge in [-0.25, -0.2) is 9.86 Å². The Morgan fingerprint density at radius 2 is 1.71 bits per heavy atom. The molecule has 192 valence electrons. The lowest BCUT2D eigenvalue weighted by Crippen LogP contribution is -2.55. The fraction of sp³-hybridized carbons (Fsp3) is 0.630. The van der Waals surface area contributed by atoms with E-state index in [2.05, 4.69) is 0 Å². The van der Waals surface area contributed by atoms with Crippen molar-refractivity contribution < 1.29 is 28.7 Å². The quantitative estimate of drug-likeness (QED) is 0.510. The van der Waals surface area contributed by atoms with E-state index in [0.717, 1.165) is 35.1 Å². The Morgan fingerprint density at radius 1 is 1.09 bits per heavy atom. The van der Waals surface area contributed by atoms with Crippen LogP contribution in [0, 0.1) is 26.7 Å². The van der Waals surface area contributed by atoms with Crippen LogP contribution in [0.4, 0.5) is 4.79 Å². The van der Waals surface area contributed by atoms with Crippen LogP contribution in [-0.2, 0) is 23.9 Å². The van der Waals surface area contributed by atoms with Gasteiger partial charge in [0.1, 0.15) is 5.54 Å². The Kier molecular flexibility index (Phi) is 7.83. The molecule has 4 rings (SSSR count). The number of benzene rings is 1. The number of nitrogens with zero attached hydrogens (tertiary/aromatic N) is 2. The van der Waals surface area contributed by atoms with Gasteiger partial charge < -0.3 is 14.3 Å². The molecule has 1 aromatic rings. The molecule has 0 bridgehead atoms. The summed E-state index contributed by atoms with van der Waals surface area (Å²) in [6.45, 7) is 9.54. The number of rotatable bonds is 7. The first kappa shape index (κ1) is 25.7. The van der Waals surface area contributed by atoms with Gasteiger partial charge in [0.05, 0.1) is 25.9 Å². The minimum Gasteiger partial charge on any atom is -0.434 e. The van der Waals surface area contributed by atoms with Crippen LogP contribution in [-0.4, -0.2) is 61.1 Å². The highest BCUT2D eigenvalue weighted by atomic mass is 16.7. The van der Waals surface area contributed by atoms with Crippen molar-refractivity contribution in [2.24, 2.45) is 5.92 Å². The number of hydrogen-bond donors (Lipinski definition) is 0. The molecule has 35 heavy (non-hydrogen) atoms. The molecule has 1 amide bonds. The lowest BCUT2D eigenvalue weighted by molar-refractivity contribution is -0.236. The van der Waals surface area contributed by atoms with Crippen LogP contribution in [0.25, 0.3) is 5.57 Å². The molecule has 1 saturated heterocycles. The number of ether oxygens (including phenoxy) is 2. The number of aryl methyl sites for hydroxylation is 3. The van der Waals surface area contributed by atoms with Crippen LogP contribution in [0.5, 0.6) is 0 Å². The molecular weight excluding hydrogens is 448 g/mol. The van der Waals surface area contributed by atoms with Crippen LogP contribution in [0.3, 0.4) is 0 Å². The standard InChI is InChI=1S/C27H38N2O6/c1-6-33-26(31)35-24-23(22-19(3)15-18(2)16-20(22)4)25(30)29(34-17-21-9-7-8-10-21)27(24)11-13-28(32-5)14-12-27/h15-16,21H,6-14,17H2,1-5H3. The Bertz CT molecular complexity index is 966. The Morgan fingerprint density at radius 3 is 2.29 bits per heavy atom. The molecule has 1 saturated carbocycles. The van der Waals surface area contributed by atoms with E-state index >= 15 is 0 Å².